The highest BCUT2D eigenvalue weighted by molar-refractivity contribution is 7.12. The van der Waals surface area contributed by atoms with Crippen LogP contribution >= 0.6 is 11.3 Å². The Kier molecular flexibility index (Phi) is 3.83. The van der Waals surface area contributed by atoms with Crippen LogP contribution in [-0.4, -0.2) is 17.4 Å². The average Bonchev–Trinajstić information content (AvgIpc) is 2.39. The number of carbonyl (C=O) groups is 1. The second kappa shape index (κ2) is 4.91. The SMILES string of the molecule is CC(=O)NCC=Cc1sc(C)nc1C. The zero-order valence-corrected chi connectivity index (χ0v) is 9.44. The molecule has 0 radical (unpaired) electrons. The Hall–Kier alpha value is -1.16. The van der Waals surface area contributed by atoms with Gasteiger partial charge in [-0.1, -0.05) is 6.08 Å². The number of aryl methyl sites for hydroxylation is 2. The third-order valence-electron chi connectivity index (χ3n) is 1.68. The smallest absolute Gasteiger partial charge is 0.217 e. The van der Waals surface area contributed by atoms with Gasteiger partial charge in [-0.2, -0.15) is 0 Å². The third kappa shape index (κ3) is 3.30. The molecule has 0 spiro atoms. The van der Waals surface area contributed by atoms with Crippen molar-refractivity contribution in [3.8, 4) is 0 Å². The van der Waals surface area contributed by atoms with Crippen LogP contribution in [0.4, 0.5) is 0 Å². The lowest BCUT2D eigenvalue weighted by Gasteiger charge is -1.93. The maximum Gasteiger partial charge on any atom is 0.217 e. The molecule has 0 aromatic carbocycles. The Morgan fingerprint density at radius 3 is 2.79 bits per heavy atom. The van der Waals surface area contributed by atoms with E-state index in [1.165, 1.54) is 6.92 Å². The first-order valence-electron chi connectivity index (χ1n) is 4.44. The quantitative estimate of drug-likeness (QED) is 0.828. The van der Waals surface area contributed by atoms with Crippen molar-refractivity contribution in [1.82, 2.24) is 10.3 Å². The summed E-state index contributed by atoms with van der Waals surface area (Å²) in [6, 6.07) is 0. The number of rotatable bonds is 3. The molecule has 1 aromatic rings. The summed E-state index contributed by atoms with van der Waals surface area (Å²) in [6.45, 7) is 6.06. The van der Waals surface area contributed by atoms with Gasteiger partial charge in [0.25, 0.3) is 0 Å². The molecule has 1 N–H and O–H groups in total. The van der Waals surface area contributed by atoms with E-state index in [0.717, 1.165) is 15.6 Å². The van der Waals surface area contributed by atoms with Crippen molar-refractivity contribution >= 4 is 23.3 Å². The van der Waals surface area contributed by atoms with Gasteiger partial charge in [0.1, 0.15) is 0 Å². The van der Waals surface area contributed by atoms with Crippen LogP contribution in [0.15, 0.2) is 6.08 Å². The van der Waals surface area contributed by atoms with Gasteiger partial charge in [0.05, 0.1) is 10.7 Å². The minimum absolute atomic E-state index is 0.00754. The van der Waals surface area contributed by atoms with Gasteiger partial charge in [0, 0.05) is 18.3 Å². The van der Waals surface area contributed by atoms with E-state index in [9.17, 15) is 4.79 Å². The minimum Gasteiger partial charge on any atom is -0.353 e. The lowest BCUT2D eigenvalue weighted by Crippen LogP contribution is -2.19. The van der Waals surface area contributed by atoms with E-state index in [0.29, 0.717) is 6.54 Å². The molecule has 3 nitrogen and oxygen atoms in total. The maximum atomic E-state index is 10.6. The first kappa shape index (κ1) is 10.9. The van der Waals surface area contributed by atoms with Crippen molar-refractivity contribution in [2.75, 3.05) is 6.54 Å². The zero-order chi connectivity index (χ0) is 10.6. The van der Waals surface area contributed by atoms with Gasteiger partial charge in [-0.25, -0.2) is 4.98 Å². The topological polar surface area (TPSA) is 42.0 Å². The van der Waals surface area contributed by atoms with Crippen LogP contribution in [0, 0.1) is 13.8 Å². The van der Waals surface area contributed by atoms with E-state index in [2.05, 4.69) is 10.3 Å². The summed E-state index contributed by atoms with van der Waals surface area (Å²) in [5.41, 5.74) is 1.05. The first-order chi connectivity index (χ1) is 6.59. The Balaban J connectivity index is 2.51. The van der Waals surface area contributed by atoms with E-state index in [1.54, 1.807) is 11.3 Å². The molecule has 1 rings (SSSR count). The molecule has 14 heavy (non-hydrogen) atoms. The van der Waals surface area contributed by atoms with Crippen LogP contribution < -0.4 is 5.32 Å². The molecule has 1 aromatic heterocycles. The molecular weight excluding hydrogens is 196 g/mol. The third-order valence-corrected chi connectivity index (χ3v) is 2.72. The summed E-state index contributed by atoms with van der Waals surface area (Å²) in [7, 11) is 0. The second-order valence-corrected chi connectivity index (χ2v) is 4.26. The monoisotopic (exact) mass is 210 g/mol. The summed E-state index contributed by atoms with van der Waals surface area (Å²) in [5, 5.41) is 3.77. The lowest BCUT2D eigenvalue weighted by molar-refractivity contribution is -0.118. The van der Waals surface area contributed by atoms with Gasteiger partial charge >= 0.3 is 0 Å². The molecule has 1 heterocycles. The van der Waals surface area contributed by atoms with Crippen LogP contribution in [0.25, 0.3) is 6.08 Å². The van der Waals surface area contributed by atoms with Crippen molar-refractivity contribution in [2.24, 2.45) is 0 Å². The highest BCUT2D eigenvalue weighted by Gasteiger charge is 1.99. The van der Waals surface area contributed by atoms with E-state index >= 15 is 0 Å². The van der Waals surface area contributed by atoms with Crippen LogP contribution in [-0.2, 0) is 4.79 Å². The number of aromatic nitrogens is 1. The van der Waals surface area contributed by atoms with Crippen LogP contribution in [0.5, 0.6) is 0 Å². The molecule has 0 atom stereocenters. The minimum atomic E-state index is -0.00754. The van der Waals surface area contributed by atoms with E-state index < -0.39 is 0 Å². The summed E-state index contributed by atoms with van der Waals surface area (Å²) < 4.78 is 0. The summed E-state index contributed by atoms with van der Waals surface area (Å²) in [5.74, 6) is -0.00754. The Bertz CT molecular complexity index is 355. The number of carbonyl (C=O) groups excluding carboxylic acids is 1. The van der Waals surface area contributed by atoms with Crippen molar-refractivity contribution in [3.63, 3.8) is 0 Å². The summed E-state index contributed by atoms with van der Waals surface area (Å²) in [4.78, 5) is 16.0. The van der Waals surface area contributed by atoms with Crippen molar-refractivity contribution in [2.45, 2.75) is 20.8 Å². The molecule has 4 heteroatoms. The van der Waals surface area contributed by atoms with Crippen LogP contribution in [0.2, 0.25) is 0 Å². The van der Waals surface area contributed by atoms with Gasteiger partial charge in [-0.3, -0.25) is 4.79 Å². The molecule has 0 aliphatic heterocycles. The Morgan fingerprint density at radius 1 is 1.57 bits per heavy atom. The van der Waals surface area contributed by atoms with Gasteiger partial charge in [0.15, 0.2) is 0 Å². The molecule has 0 saturated carbocycles. The summed E-state index contributed by atoms with van der Waals surface area (Å²) in [6.07, 6.45) is 3.93. The largest absolute Gasteiger partial charge is 0.353 e. The van der Waals surface area contributed by atoms with Crippen molar-refractivity contribution < 1.29 is 4.79 Å². The molecule has 0 bridgehead atoms. The fraction of sp³-hybridized carbons (Fsp3) is 0.400. The lowest BCUT2D eigenvalue weighted by atomic mass is 10.3. The fourth-order valence-corrected chi connectivity index (χ4v) is 1.93. The van der Waals surface area contributed by atoms with Gasteiger partial charge in [0.2, 0.25) is 5.91 Å². The Morgan fingerprint density at radius 2 is 2.29 bits per heavy atom. The second-order valence-electron chi connectivity index (χ2n) is 3.02. The van der Waals surface area contributed by atoms with E-state index in [-0.39, 0.29) is 5.91 Å². The highest BCUT2D eigenvalue weighted by atomic mass is 32.1. The zero-order valence-electron chi connectivity index (χ0n) is 8.63. The van der Waals surface area contributed by atoms with Crippen LogP contribution in [0.3, 0.4) is 0 Å². The van der Waals surface area contributed by atoms with Gasteiger partial charge < -0.3 is 5.32 Å². The number of nitrogens with one attached hydrogen (secondary N) is 1. The predicted molar refractivity (Wildman–Crippen MR) is 59.3 cm³/mol. The van der Waals surface area contributed by atoms with E-state index in [1.807, 2.05) is 26.0 Å². The number of hydrogen-bond donors (Lipinski definition) is 1. The standard InChI is InChI=1S/C10H14N2OS/c1-7-10(14-9(3)12-7)5-4-6-11-8(2)13/h4-5H,6H2,1-3H3,(H,11,13). The summed E-state index contributed by atoms with van der Waals surface area (Å²) >= 11 is 1.66. The van der Waals surface area contributed by atoms with Gasteiger partial charge in [-0.15, -0.1) is 11.3 Å². The number of amides is 1. The molecule has 0 saturated heterocycles. The highest BCUT2D eigenvalue weighted by Crippen LogP contribution is 2.18. The fourth-order valence-electron chi connectivity index (χ4n) is 1.07. The molecule has 0 aliphatic rings. The van der Waals surface area contributed by atoms with Crippen molar-refractivity contribution in [1.29, 1.82) is 0 Å². The molecule has 1 amide bonds. The molecule has 0 unspecified atom stereocenters. The van der Waals surface area contributed by atoms with Crippen LogP contribution in [0.1, 0.15) is 22.5 Å². The molecule has 0 aliphatic carbocycles. The number of nitrogens with zero attached hydrogens (tertiary/aromatic N) is 1. The van der Waals surface area contributed by atoms with Crippen molar-refractivity contribution in [3.05, 3.63) is 21.7 Å². The normalized spacial score (nSPS) is 10.8. The first-order valence-corrected chi connectivity index (χ1v) is 5.26. The number of thiazole rings is 1. The Labute approximate surface area is 87.9 Å². The number of hydrogen-bond acceptors (Lipinski definition) is 3. The molecule has 76 valence electrons. The maximum absolute atomic E-state index is 10.6. The molecule has 0 fully saturated rings. The van der Waals surface area contributed by atoms with E-state index in [4.69, 9.17) is 0 Å². The molecular formula is C10H14N2OS. The van der Waals surface area contributed by atoms with Gasteiger partial charge in [-0.05, 0) is 19.9 Å². The predicted octanol–water partition coefficient (Wildman–Crippen LogP) is 1.91. The average molecular weight is 210 g/mol.